The van der Waals surface area contributed by atoms with E-state index in [0.717, 1.165) is 17.9 Å². The minimum Gasteiger partial charge on any atom is -0.460 e. The van der Waals surface area contributed by atoms with Crippen molar-refractivity contribution in [2.75, 3.05) is 19.8 Å². The maximum Gasteiger partial charge on any atom is 0.251 e. The fourth-order valence-corrected chi connectivity index (χ4v) is 3.29. The molecule has 0 bridgehead atoms. The monoisotopic (exact) mass is 419 g/mol. The van der Waals surface area contributed by atoms with E-state index in [-0.39, 0.29) is 5.91 Å². The van der Waals surface area contributed by atoms with E-state index in [4.69, 9.17) is 23.5 Å². The second-order valence-electron chi connectivity index (χ2n) is 7.25. The number of carbonyl (C=O) groups is 1. The summed E-state index contributed by atoms with van der Waals surface area (Å²) < 4.78 is 16.9. The van der Waals surface area contributed by atoms with E-state index in [9.17, 15) is 4.79 Å². The van der Waals surface area contributed by atoms with Gasteiger partial charge in [-0.25, -0.2) is 9.97 Å². The largest absolute Gasteiger partial charge is 0.460 e. The topological polar surface area (TPSA) is 90.4 Å². The summed E-state index contributed by atoms with van der Waals surface area (Å²) in [6, 6.07) is 12.8. The molecule has 4 rings (SSSR count). The van der Waals surface area contributed by atoms with Crippen LogP contribution in [0.1, 0.15) is 35.2 Å². The van der Waals surface area contributed by atoms with E-state index in [1.54, 1.807) is 18.2 Å². The molecule has 1 amide bonds. The highest BCUT2D eigenvalue weighted by molar-refractivity contribution is 5.97. The molecule has 0 aliphatic heterocycles. The summed E-state index contributed by atoms with van der Waals surface area (Å²) in [5.74, 6) is 2.63. The Morgan fingerprint density at radius 2 is 1.58 bits per heavy atom. The Hall–Kier alpha value is -3.45. The van der Waals surface area contributed by atoms with Crippen molar-refractivity contribution < 1.29 is 18.4 Å². The first-order valence-corrected chi connectivity index (χ1v) is 10.4. The molecule has 0 unspecified atom stereocenters. The Bertz CT molecular complexity index is 1210. The molecule has 160 valence electrons. The van der Waals surface area contributed by atoms with Crippen molar-refractivity contribution in [1.82, 2.24) is 15.3 Å². The van der Waals surface area contributed by atoms with Crippen molar-refractivity contribution in [2.24, 2.45) is 0 Å². The molecule has 7 heteroatoms. The SMILES string of the molecule is CCOCCCNC(=O)c1ccc2nc(-c3ccc(C)o3)c(-c3ccc(C)o3)nc2c1. The lowest BCUT2D eigenvalue weighted by atomic mass is 10.1. The molecular formula is C24H25N3O4. The Balaban J connectivity index is 1.68. The lowest BCUT2D eigenvalue weighted by Gasteiger charge is -2.09. The summed E-state index contributed by atoms with van der Waals surface area (Å²) in [6.45, 7) is 7.56. The molecule has 3 aromatic heterocycles. The minimum atomic E-state index is -0.152. The number of hydrogen-bond acceptors (Lipinski definition) is 6. The van der Waals surface area contributed by atoms with E-state index in [2.05, 4.69) is 5.32 Å². The summed E-state index contributed by atoms with van der Waals surface area (Å²) in [5, 5.41) is 2.91. The average Bonchev–Trinajstić information content (AvgIpc) is 3.40. The Kier molecular flexibility index (Phi) is 6.13. The number of benzene rings is 1. The van der Waals surface area contributed by atoms with Gasteiger partial charge in [0.05, 0.1) is 11.0 Å². The third-order valence-corrected chi connectivity index (χ3v) is 4.83. The predicted octanol–water partition coefficient (Wildman–Crippen LogP) is 4.92. The lowest BCUT2D eigenvalue weighted by Crippen LogP contribution is -2.25. The van der Waals surface area contributed by atoms with Gasteiger partial charge < -0.3 is 18.9 Å². The summed E-state index contributed by atoms with van der Waals surface area (Å²) >= 11 is 0. The maximum atomic E-state index is 12.5. The van der Waals surface area contributed by atoms with Crippen LogP contribution in [0.4, 0.5) is 0 Å². The number of ether oxygens (including phenoxy) is 1. The molecule has 3 heterocycles. The van der Waals surface area contributed by atoms with Crippen LogP contribution in [-0.4, -0.2) is 35.6 Å². The third-order valence-electron chi connectivity index (χ3n) is 4.83. The van der Waals surface area contributed by atoms with Crippen molar-refractivity contribution in [3.63, 3.8) is 0 Å². The number of rotatable bonds is 8. The summed E-state index contributed by atoms with van der Waals surface area (Å²) in [4.78, 5) is 22.1. The first-order valence-electron chi connectivity index (χ1n) is 10.4. The highest BCUT2D eigenvalue weighted by Crippen LogP contribution is 2.33. The van der Waals surface area contributed by atoms with Crippen LogP contribution in [0.15, 0.2) is 51.3 Å². The smallest absolute Gasteiger partial charge is 0.251 e. The van der Waals surface area contributed by atoms with Crippen LogP contribution in [0.5, 0.6) is 0 Å². The molecule has 0 spiro atoms. The van der Waals surface area contributed by atoms with Gasteiger partial charge in [0.1, 0.15) is 22.9 Å². The number of hydrogen-bond donors (Lipinski definition) is 1. The van der Waals surface area contributed by atoms with Crippen molar-refractivity contribution >= 4 is 16.9 Å². The Morgan fingerprint density at radius 3 is 2.16 bits per heavy atom. The molecule has 31 heavy (non-hydrogen) atoms. The Labute approximate surface area is 180 Å². The van der Waals surface area contributed by atoms with E-state index in [1.807, 2.05) is 45.0 Å². The highest BCUT2D eigenvalue weighted by atomic mass is 16.5. The van der Waals surface area contributed by atoms with Crippen LogP contribution < -0.4 is 5.32 Å². The first-order chi connectivity index (χ1) is 15.0. The van der Waals surface area contributed by atoms with Crippen LogP contribution in [0.3, 0.4) is 0 Å². The van der Waals surface area contributed by atoms with Crippen LogP contribution in [-0.2, 0) is 4.74 Å². The molecule has 0 saturated carbocycles. The van der Waals surface area contributed by atoms with Crippen molar-refractivity contribution in [3.8, 4) is 22.9 Å². The maximum absolute atomic E-state index is 12.5. The highest BCUT2D eigenvalue weighted by Gasteiger charge is 2.19. The fraction of sp³-hybridized carbons (Fsp3) is 0.292. The standard InChI is InChI=1S/C24H25N3O4/c1-4-29-13-5-12-25-24(28)17-8-9-18-19(14-17)27-23(21-11-7-16(3)31-21)22(26-18)20-10-6-15(2)30-20/h6-11,14H,4-5,12-13H2,1-3H3,(H,25,28). The number of nitrogens with zero attached hydrogens (tertiary/aromatic N) is 2. The van der Waals surface area contributed by atoms with Gasteiger partial charge in [-0.15, -0.1) is 0 Å². The second-order valence-corrected chi connectivity index (χ2v) is 7.25. The fourth-order valence-electron chi connectivity index (χ4n) is 3.29. The third kappa shape index (κ3) is 4.67. The van der Waals surface area contributed by atoms with Crippen molar-refractivity contribution in [1.29, 1.82) is 0 Å². The zero-order valence-electron chi connectivity index (χ0n) is 17.9. The van der Waals surface area contributed by atoms with Gasteiger partial charge in [-0.2, -0.15) is 0 Å². The summed E-state index contributed by atoms with van der Waals surface area (Å²) in [6.07, 6.45) is 0.765. The van der Waals surface area contributed by atoms with E-state index >= 15 is 0 Å². The molecule has 0 fully saturated rings. The number of aromatic nitrogens is 2. The number of amides is 1. The van der Waals surface area contributed by atoms with E-state index in [1.165, 1.54) is 0 Å². The molecule has 7 nitrogen and oxygen atoms in total. The first kappa shape index (κ1) is 20.8. The van der Waals surface area contributed by atoms with E-state index in [0.29, 0.717) is 59.3 Å². The normalized spacial score (nSPS) is 11.2. The van der Waals surface area contributed by atoms with Crippen molar-refractivity contribution in [2.45, 2.75) is 27.2 Å². The minimum absolute atomic E-state index is 0.152. The number of aryl methyl sites for hydroxylation is 2. The number of furan rings is 2. The van der Waals surface area contributed by atoms with Crippen LogP contribution in [0.2, 0.25) is 0 Å². The summed E-state index contributed by atoms with van der Waals surface area (Å²) in [5.41, 5.74) is 2.98. The molecular weight excluding hydrogens is 394 g/mol. The molecule has 0 atom stereocenters. The second kappa shape index (κ2) is 9.14. The quantitative estimate of drug-likeness (QED) is 0.408. The molecule has 0 radical (unpaired) electrons. The number of carbonyl (C=O) groups excluding carboxylic acids is 1. The van der Waals surface area contributed by atoms with Gasteiger partial charge in [0.25, 0.3) is 5.91 Å². The van der Waals surface area contributed by atoms with Gasteiger partial charge >= 0.3 is 0 Å². The van der Waals surface area contributed by atoms with Crippen LogP contribution in [0, 0.1) is 13.8 Å². The van der Waals surface area contributed by atoms with Gasteiger partial charge in [0, 0.05) is 25.3 Å². The zero-order valence-corrected chi connectivity index (χ0v) is 17.9. The molecule has 0 saturated heterocycles. The number of fused-ring (bicyclic) bond motifs is 1. The van der Waals surface area contributed by atoms with Gasteiger partial charge in [-0.05, 0) is 69.7 Å². The van der Waals surface area contributed by atoms with Gasteiger partial charge in [-0.1, -0.05) is 0 Å². The average molecular weight is 419 g/mol. The molecule has 0 aliphatic rings. The van der Waals surface area contributed by atoms with Crippen molar-refractivity contribution in [3.05, 3.63) is 59.5 Å². The van der Waals surface area contributed by atoms with E-state index < -0.39 is 0 Å². The molecule has 1 aromatic carbocycles. The van der Waals surface area contributed by atoms with Crippen LogP contribution >= 0.6 is 0 Å². The van der Waals surface area contributed by atoms with Gasteiger partial charge in [0.2, 0.25) is 0 Å². The Morgan fingerprint density at radius 1 is 0.935 bits per heavy atom. The lowest BCUT2D eigenvalue weighted by molar-refractivity contribution is 0.0944. The summed E-state index contributed by atoms with van der Waals surface area (Å²) in [7, 11) is 0. The van der Waals surface area contributed by atoms with Crippen LogP contribution in [0.25, 0.3) is 33.9 Å². The van der Waals surface area contributed by atoms with Gasteiger partial charge in [-0.3, -0.25) is 4.79 Å². The van der Waals surface area contributed by atoms with Gasteiger partial charge in [0.15, 0.2) is 11.5 Å². The number of nitrogens with one attached hydrogen (secondary N) is 1. The molecule has 1 N–H and O–H groups in total. The zero-order chi connectivity index (χ0) is 21.8. The molecule has 0 aliphatic carbocycles. The predicted molar refractivity (Wildman–Crippen MR) is 118 cm³/mol. The molecule has 4 aromatic rings.